The van der Waals surface area contributed by atoms with Crippen LogP contribution in [0.15, 0.2) is 24.3 Å². The van der Waals surface area contributed by atoms with Crippen LogP contribution in [0.5, 0.6) is 0 Å². The van der Waals surface area contributed by atoms with E-state index in [0.29, 0.717) is 5.56 Å². The molecular formula is C17H23NO3. The number of carbonyl (C=O) groups excluding carboxylic acids is 2. The van der Waals surface area contributed by atoms with E-state index in [1.165, 1.54) is 37.9 Å². The number of ether oxygens (including phenoxy) is 1. The predicted octanol–water partition coefficient (Wildman–Crippen LogP) is 2.46. The Hall–Kier alpha value is -1.68. The Morgan fingerprint density at radius 3 is 2.38 bits per heavy atom. The molecule has 0 unspecified atom stereocenters. The van der Waals surface area contributed by atoms with Crippen LogP contribution in [0.4, 0.5) is 0 Å². The van der Waals surface area contributed by atoms with Crippen LogP contribution in [0.3, 0.4) is 0 Å². The molecule has 1 aliphatic rings. The van der Waals surface area contributed by atoms with Gasteiger partial charge in [0.05, 0.1) is 6.61 Å². The summed E-state index contributed by atoms with van der Waals surface area (Å²) in [6.07, 6.45) is 4.93. The largest absolute Gasteiger partial charge is 0.460 e. The molecule has 4 nitrogen and oxygen atoms in total. The van der Waals surface area contributed by atoms with Crippen molar-refractivity contribution in [1.82, 2.24) is 4.90 Å². The number of piperidine rings is 1. The molecule has 21 heavy (non-hydrogen) atoms. The summed E-state index contributed by atoms with van der Waals surface area (Å²) in [5.41, 5.74) is 1.59. The summed E-state index contributed by atoms with van der Waals surface area (Å²) in [5.74, 6) is -1.35. The molecule has 0 aromatic heterocycles. The molecule has 1 heterocycles. The number of hydrogen-bond acceptors (Lipinski definition) is 4. The summed E-state index contributed by atoms with van der Waals surface area (Å²) in [6.45, 7) is 5.36. The van der Waals surface area contributed by atoms with Crippen molar-refractivity contribution < 1.29 is 14.3 Å². The van der Waals surface area contributed by atoms with Gasteiger partial charge in [-0.25, -0.2) is 4.79 Å². The first-order chi connectivity index (χ1) is 10.2. The van der Waals surface area contributed by atoms with E-state index in [0.717, 1.165) is 13.0 Å². The van der Waals surface area contributed by atoms with Gasteiger partial charge < -0.3 is 9.64 Å². The van der Waals surface area contributed by atoms with Crippen LogP contribution < -0.4 is 0 Å². The molecule has 0 aliphatic carbocycles. The fourth-order valence-corrected chi connectivity index (χ4v) is 2.61. The van der Waals surface area contributed by atoms with E-state index >= 15 is 0 Å². The predicted molar refractivity (Wildman–Crippen MR) is 81.4 cm³/mol. The number of nitrogens with zero attached hydrogens (tertiary/aromatic N) is 1. The number of ketones is 1. The standard InChI is InChI=1S/C17H23NO3/c1-2-21-17(20)16(19)15-8-6-14(7-9-15)10-13-18-11-4-3-5-12-18/h6-9H,2-5,10-13H2,1H3. The van der Waals surface area contributed by atoms with E-state index in [1.54, 1.807) is 19.1 Å². The molecule has 0 amide bonds. The van der Waals surface area contributed by atoms with Gasteiger partial charge in [-0.1, -0.05) is 30.7 Å². The number of Topliss-reactive ketones (excluding diaryl/α,β-unsaturated/α-hetero) is 1. The maximum atomic E-state index is 11.8. The lowest BCUT2D eigenvalue weighted by Gasteiger charge is -2.26. The molecule has 1 aromatic rings. The summed E-state index contributed by atoms with van der Waals surface area (Å²) in [4.78, 5) is 25.6. The third-order valence-corrected chi connectivity index (χ3v) is 3.84. The van der Waals surface area contributed by atoms with Gasteiger partial charge in [-0.05, 0) is 44.8 Å². The van der Waals surface area contributed by atoms with Crippen molar-refractivity contribution in [3.8, 4) is 0 Å². The molecule has 1 fully saturated rings. The van der Waals surface area contributed by atoms with Crippen LogP contribution in [-0.4, -0.2) is 42.9 Å². The van der Waals surface area contributed by atoms with E-state index in [4.69, 9.17) is 4.74 Å². The molecule has 0 atom stereocenters. The fraction of sp³-hybridized carbons (Fsp3) is 0.529. The average Bonchev–Trinajstić information content (AvgIpc) is 2.54. The van der Waals surface area contributed by atoms with Gasteiger partial charge in [0, 0.05) is 12.1 Å². The van der Waals surface area contributed by atoms with Crippen molar-refractivity contribution in [2.75, 3.05) is 26.2 Å². The fourth-order valence-electron chi connectivity index (χ4n) is 2.61. The van der Waals surface area contributed by atoms with Gasteiger partial charge in [0.1, 0.15) is 0 Å². The van der Waals surface area contributed by atoms with Gasteiger partial charge in [-0.15, -0.1) is 0 Å². The second-order valence-electron chi connectivity index (χ2n) is 5.40. The highest BCUT2D eigenvalue weighted by molar-refractivity contribution is 6.40. The monoisotopic (exact) mass is 289 g/mol. The summed E-state index contributed by atoms with van der Waals surface area (Å²) in [5, 5.41) is 0. The number of rotatable bonds is 6. The zero-order valence-electron chi connectivity index (χ0n) is 12.6. The Bertz CT molecular complexity index is 475. The molecule has 0 N–H and O–H groups in total. The topological polar surface area (TPSA) is 46.6 Å². The highest BCUT2D eigenvalue weighted by Gasteiger charge is 2.17. The highest BCUT2D eigenvalue weighted by atomic mass is 16.5. The third-order valence-electron chi connectivity index (χ3n) is 3.84. The minimum atomic E-state index is -0.779. The van der Waals surface area contributed by atoms with Gasteiger partial charge in [0.2, 0.25) is 0 Å². The molecule has 1 aliphatic heterocycles. The van der Waals surface area contributed by atoms with Crippen LogP contribution >= 0.6 is 0 Å². The summed E-state index contributed by atoms with van der Waals surface area (Å²) >= 11 is 0. The van der Waals surface area contributed by atoms with E-state index in [2.05, 4.69) is 4.90 Å². The molecule has 0 radical (unpaired) electrons. The second-order valence-corrected chi connectivity index (χ2v) is 5.40. The Morgan fingerprint density at radius 2 is 1.76 bits per heavy atom. The molecule has 0 spiro atoms. The van der Waals surface area contributed by atoms with E-state index in [1.807, 2.05) is 12.1 Å². The van der Waals surface area contributed by atoms with Crippen LogP contribution in [0.25, 0.3) is 0 Å². The summed E-state index contributed by atoms with van der Waals surface area (Å²) < 4.78 is 4.72. The zero-order valence-corrected chi connectivity index (χ0v) is 12.6. The first kappa shape index (κ1) is 15.7. The molecular weight excluding hydrogens is 266 g/mol. The number of carbonyl (C=O) groups is 2. The van der Waals surface area contributed by atoms with E-state index in [9.17, 15) is 9.59 Å². The Kier molecular flexibility index (Phi) is 5.93. The average molecular weight is 289 g/mol. The second kappa shape index (κ2) is 7.93. The van der Waals surface area contributed by atoms with Crippen molar-refractivity contribution in [1.29, 1.82) is 0 Å². The van der Waals surface area contributed by atoms with Crippen molar-refractivity contribution in [3.63, 3.8) is 0 Å². The van der Waals surface area contributed by atoms with E-state index < -0.39 is 11.8 Å². The van der Waals surface area contributed by atoms with Gasteiger partial charge in [-0.3, -0.25) is 4.79 Å². The van der Waals surface area contributed by atoms with Gasteiger partial charge >= 0.3 is 5.97 Å². The number of benzene rings is 1. The van der Waals surface area contributed by atoms with Crippen LogP contribution in [-0.2, 0) is 16.0 Å². The first-order valence-electron chi connectivity index (χ1n) is 7.73. The molecule has 0 saturated carbocycles. The highest BCUT2D eigenvalue weighted by Crippen LogP contribution is 2.11. The molecule has 114 valence electrons. The minimum absolute atomic E-state index is 0.221. The van der Waals surface area contributed by atoms with Gasteiger partial charge in [0.15, 0.2) is 0 Å². The van der Waals surface area contributed by atoms with E-state index in [-0.39, 0.29) is 6.61 Å². The quantitative estimate of drug-likeness (QED) is 0.458. The maximum absolute atomic E-state index is 11.8. The molecule has 1 saturated heterocycles. The molecule has 2 rings (SSSR count). The lowest BCUT2D eigenvalue weighted by atomic mass is 10.1. The Morgan fingerprint density at radius 1 is 1.10 bits per heavy atom. The van der Waals surface area contributed by atoms with Crippen LogP contribution in [0, 0.1) is 0 Å². The number of hydrogen-bond donors (Lipinski definition) is 0. The normalized spacial score (nSPS) is 15.7. The van der Waals surface area contributed by atoms with Crippen molar-refractivity contribution >= 4 is 11.8 Å². The van der Waals surface area contributed by atoms with Crippen LogP contribution in [0.1, 0.15) is 42.1 Å². The minimum Gasteiger partial charge on any atom is -0.460 e. The zero-order chi connectivity index (χ0) is 15.1. The number of esters is 1. The SMILES string of the molecule is CCOC(=O)C(=O)c1ccc(CCN2CCCCC2)cc1. The summed E-state index contributed by atoms with van der Waals surface area (Å²) in [7, 11) is 0. The lowest BCUT2D eigenvalue weighted by Crippen LogP contribution is -2.31. The van der Waals surface area contributed by atoms with Crippen molar-refractivity contribution in [2.45, 2.75) is 32.6 Å². The third kappa shape index (κ3) is 4.67. The Labute approximate surface area is 126 Å². The van der Waals surface area contributed by atoms with Crippen LogP contribution in [0.2, 0.25) is 0 Å². The molecule has 4 heteroatoms. The maximum Gasteiger partial charge on any atom is 0.379 e. The lowest BCUT2D eigenvalue weighted by molar-refractivity contribution is -0.137. The Balaban J connectivity index is 1.86. The molecule has 1 aromatic carbocycles. The number of likely N-dealkylation sites (tertiary alicyclic amines) is 1. The van der Waals surface area contributed by atoms with Gasteiger partial charge in [-0.2, -0.15) is 0 Å². The van der Waals surface area contributed by atoms with Crippen molar-refractivity contribution in [2.24, 2.45) is 0 Å². The molecule has 0 bridgehead atoms. The summed E-state index contributed by atoms with van der Waals surface area (Å²) in [6, 6.07) is 7.28. The van der Waals surface area contributed by atoms with Gasteiger partial charge in [0.25, 0.3) is 5.78 Å². The smallest absolute Gasteiger partial charge is 0.379 e. The van der Waals surface area contributed by atoms with Crippen molar-refractivity contribution in [3.05, 3.63) is 35.4 Å². The first-order valence-corrected chi connectivity index (χ1v) is 7.73.